The molecule has 0 radical (unpaired) electrons. The summed E-state index contributed by atoms with van der Waals surface area (Å²) in [6, 6.07) is 13.6. The Labute approximate surface area is 171 Å². The summed E-state index contributed by atoms with van der Waals surface area (Å²) in [4.78, 5) is 29.0. The Hall–Kier alpha value is -2.95. The summed E-state index contributed by atoms with van der Waals surface area (Å²) < 4.78 is 1.65. The van der Waals surface area contributed by atoms with Gasteiger partial charge in [-0.25, -0.2) is 4.98 Å². The Balaban J connectivity index is 1.44. The minimum Gasteiger partial charge on any atom is -0.326 e. The predicted molar refractivity (Wildman–Crippen MR) is 118 cm³/mol. The van der Waals surface area contributed by atoms with Crippen LogP contribution in [0.2, 0.25) is 0 Å². The van der Waals surface area contributed by atoms with Crippen LogP contribution in [-0.4, -0.2) is 15.5 Å². The third kappa shape index (κ3) is 5.31. The third-order valence-corrected chi connectivity index (χ3v) is 5.23. The largest absolute Gasteiger partial charge is 0.326 e. The molecule has 29 heavy (non-hydrogen) atoms. The van der Waals surface area contributed by atoms with Gasteiger partial charge in [0.15, 0.2) is 0 Å². The first-order valence-corrected chi connectivity index (χ1v) is 10.3. The number of unbranched alkanes of at least 4 members (excludes halogenated alkanes) is 2. The topological polar surface area (TPSA) is 64.0 Å². The average molecular weight is 392 g/mol. The average Bonchev–Trinajstić information content (AvgIpc) is 2.71. The van der Waals surface area contributed by atoms with E-state index in [1.165, 1.54) is 5.56 Å². The normalized spacial score (nSPS) is 11.2. The number of aromatic nitrogens is 2. The van der Waals surface area contributed by atoms with Crippen LogP contribution in [0.3, 0.4) is 0 Å². The number of para-hydroxylation sites is 1. The maximum atomic E-state index is 12.5. The molecular weight excluding hydrogens is 362 g/mol. The van der Waals surface area contributed by atoms with Gasteiger partial charge in [-0.2, -0.15) is 0 Å². The summed E-state index contributed by atoms with van der Waals surface area (Å²) >= 11 is 0. The highest BCUT2D eigenvalue weighted by atomic mass is 16.1. The summed E-state index contributed by atoms with van der Waals surface area (Å²) in [5, 5.41) is 3.66. The molecule has 1 amide bonds. The van der Waals surface area contributed by atoms with Crippen molar-refractivity contribution in [1.29, 1.82) is 0 Å². The highest BCUT2D eigenvalue weighted by Gasteiger charge is 2.07. The first-order valence-electron chi connectivity index (χ1n) is 10.3. The van der Waals surface area contributed by atoms with Gasteiger partial charge in [0.05, 0.1) is 17.2 Å². The SMILES string of the molecule is Cc1cc(C(C)C)ccc1NC(=O)CCCCCn1cnc2ccccc2c1=O. The highest BCUT2D eigenvalue weighted by molar-refractivity contribution is 5.91. The number of nitrogens with one attached hydrogen (secondary N) is 1. The van der Waals surface area contributed by atoms with Crippen molar-refractivity contribution in [3.05, 3.63) is 70.3 Å². The van der Waals surface area contributed by atoms with Gasteiger partial charge in [0, 0.05) is 18.7 Å². The van der Waals surface area contributed by atoms with Crippen LogP contribution in [0, 0.1) is 6.92 Å². The van der Waals surface area contributed by atoms with Crippen molar-refractivity contribution in [2.75, 3.05) is 5.32 Å². The number of anilines is 1. The molecule has 0 atom stereocenters. The minimum absolute atomic E-state index is 0.00587. The maximum Gasteiger partial charge on any atom is 0.261 e. The molecular formula is C24H29N3O2. The van der Waals surface area contributed by atoms with Gasteiger partial charge in [-0.3, -0.25) is 14.2 Å². The summed E-state index contributed by atoms with van der Waals surface area (Å²) in [5.74, 6) is 0.513. The first-order chi connectivity index (χ1) is 14.0. The van der Waals surface area contributed by atoms with Gasteiger partial charge in [0.25, 0.3) is 5.56 Å². The monoisotopic (exact) mass is 391 g/mol. The second-order valence-corrected chi connectivity index (χ2v) is 7.85. The molecule has 0 unspecified atom stereocenters. The van der Waals surface area contributed by atoms with Crippen molar-refractivity contribution in [2.45, 2.75) is 58.9 Å². The Bertz CT molecular complexity index is 1050. The zero-order valence-corrected chi connectivity index (χ0v) is 17.4. The Morgan fingerprint density at radius 2 is 1.90 bits per heavy atom. The zero-order valence-electron chi connectivity index (χ0n) is 17.4. The molecule has 1 heterocycles. The number of benzene rings is 2. The van der Waals surface area contributed by atoms with E-state index >= 15 is 0 Å². The lowest BCUT2D eigenvalue weighted by atomic mass is 10.0. The summed E-state index contributed by atoms with van der Waals surface area (Å²) in [7, 11) is 0. The molecule has 5 nitrogen and oxygen atoms in total. The van der Waals surface area contributed by atoms with E-state index in [-0.39, 0.29) is 11.5 Å². The quantitative estimate of drug-likeness (QED) is 0.548. The number of hydrogen-bond donors (Lipinski definition) is 1. The molecule has 152 valence electrons. The minimum atomic E-state index is -0.00587. The number of carbonyl (C=O) groups excluding carboxylic acids is 1. The van der Waals surface area contributed by atoms with Gasteiger partial charge in [-0.15, -0.1) is 0 Å². The van der Waals surface area contributed by atoms with E-state index in [2.05, 4.69) is 36.3 Å². The number of amides is 1. The van der Waals surface area contributed by atoms with Gasteiger partial charge in [0.1, 0.15) is 0 Å². The fraction of sp³-hybridized carbons (Fsp3) is 0.375. The summed E-state index contributed by atoms with van der Waals surface area (Å²) in [5.41, 5.74) is 3.97. The lowest BCUT2D eigenvalue weighted by Gasteiger charge is -2.12. The van der Waals surface area contributed by atoms with E-state index in [0.29, 0.717) is 24.3 Å². The van der Waals surface area contributed by atoms with Gasteiger partial charge in [-0.05, 0) is 55.0 Å². The second kappa shape index (κ2) is 9.50. The van der Waals surface area contributed by atoms with Crippen LogP contribution in [0.5, 0.6) is 0 Å². The van der Waals surface area contributed by atoms with Gasteiger partial charge < -0.3 is 5.32 Å². The fourth-order valence-corrected chi connectivity index (χ4v) is 3.41. The van der Waals surface area contributed by atoms with E-state index in [1.807, 2.05) is 31.2 Å². The Kier molecular flexibility index (Phi) is 6.81. The first kappa shape index (κ1) is 20.8. The number of nitrogens with zero attached hydrogens (tertiary/aromatic N) is 2. The van der Waals surface area contributed by atoms with Crippen molar-refractivity contribution in [3.8, 4) is 0 Å². The van der Waals surface area contributed by atoms with Gasteiger partial charge in [0.2, 0.25) is 5.91 Å². The molecule has 0 bridgehead atoms. The van der Waals surface area contributed by atoms with Crippen molar-refractivity contribution >= 4 is 22.5 Å². The highest BCUT2D eigenvalue weighted by Crippen LogP contribution is 2.22. The van der Waals surface area contributed by atoms with Crippen molar-refractivity contribution in [3.63, 3.8) is 0 Å². The molecule has 2 aromatic carbocycles. The molecule has 1 N–H and O–H groups in total. The number of carbonyl (C=O) groups is 1. The van der Waals surface area contributed by atoms with E-state index in [9.17, 15) is 9.59 Å². The number of hydrogen-bond acceptors (Lipinski definition) is 3. The fourth-order valence-electron chi connectivity index (χ4n) is 3.41. The van der Waals surface area contributed by atoms with E-state index in [1.54, 1.807) is 17.0 Å². The van der Waals surface area contributed by atoms with Crippen LogP contribution in [0.15, 0.2) is 53.6 Å². The van der Waals surface area contributed by atoms with Gasteiger partial charge >= 0.3 is 0 Å². The van der Waals surface area contributed by atoms with E-state index in [0.717, 1.165) is 36.0 Å². The molecule has 0 fully saturated rings. The van der Waals surface area contributed by atoms with E-state index < -0.39 is 0 Å². The molecule has 0 saturated heterocycles. The number of rotatable bonds is 8. The molecule has 1 aromatic heterocycles. The predicted octanol–water partition coefficient (Wildman–Crippen LogP) is 5.03. The van der Waals surface area contributed by atoms with Crippen LogP contribution in [-0.2, 0) is 11.3 Å². The molecule has 0 aliphatic rings. The lowest BCUT2D eigenvalue weighted by Crippen LogP contribution is -2.20. The molecule has 0 aliphatic carbocycles. The zero-order chi connectivity index (χ0) is 20.8. The molecule has 3 rings (SSSR count). The summed E-state index contributed by atoms with van der Waals surface area (Å²) in [6.07, 6.45) is 4.62. The third-order valence-electron chi connectivity index (χ3n) is 5.23. The maximum absolute atomic E-state index is 12.5. The smallest absolute Gasteiger partial charge is 0.261 e. The summed E-state index contributed by atoms with van der Waals surface area (Å²) in [6.45, 7) is 6.97. The lowest BCUT2D eigenvalue weighted by molar-refractivity contribution is -0.116. The van der Waals surface area contributed by atoms with Crippen LogP contribution < -0.4 is 10.9 Å². The number of aryl methyl sites for hydroxylation is 2. The van der Waals surface area contributed by atoms with Crippen LogP contribution >= 0.6 is 0 Å². The Morgan fingerprint density at radius 3 is 2.66 bits per heavy atom. The molecule has 0 saturated carbocycles. The molecule has 0 spiro atoms. The standard InChI is InChI=1S/C24H29N3O2/c1-17(2)19-12-13-21(18(3)15-19)26-23(28)11-5-4-8-14-27-16-25-22-10-7-6-9-20(22)24(27)29/h6-7,9-10,12-13,15-17H,4-5,8,11,14H2,1-3H3,(H,26,28). The molecule has 5 heteroatoms. The molecule has 3 aromatic rings. The van der Waals surface area contributed by atoms with Crippen molar-refractivity contribution in [2.24, 2.45) is 0 Å². The Morgan fingerprint density at radius 1 is 1.10 bits per heavy atom. The van der Waals surface area contributed by atoms with Crippen LogP contribution in [0.1, 0.15) is 56.6 Å². The van der Waals surface area contributed by atoms with Crippen LogP contribution in [0.4, 0.5) is 5.69 Å². The van der Waals surface area contributed by atoms with Gasteiger partial charge in [-0.1, -0.05) is 44.5 Å². The number of fused-ring (bicyclic) bond motifs is 1. The second-order valence-electron chi connectivity index (χ2n) is 7.85. The van der Waals surface area contributed by atoms with Crippen molar-refractivity contribution < 1.29 is 4.79 Å². The van der Waals surface area contributed by atoms with E-state index in [4.69, 9.17) is 0 Å². The van der Waals surface area contributed by atoms with Crippen LogP contribution in [0.25, 0.3) is 10.9 Å². The van der Waals surface area contributed by atoms with Crippen molar-refractivity contribution in [1.82, 2.24) is 9.55 Å². The molecule has 0 aliphatic heterocycles.